The van der Waals surface area contributed by atoms with Crippen molar-refractivity contribution in [3.63, 3.8) is 0 Å². The normalized spacial score (nSPS) is 37.1. The number of ether oxygens (including phenoxy) is 2. The number of rotatable bonds is 2. The molecule has 3 aliphatic heterocycles. The maximum absolute atomic E-state index is 13.1. The van der Waals surface area contributed by atoms with Gasteiger partial charge in [0, 0.05) is 0 Å². The van der Waals surface area contributed by atoms with Crippen LogP contribution in [0.4, 0.5) is 5.95 Å². The number of hydrogen-bond donors (Lipinski definition) is 7. The lowest BCUT2D eigenvalue weighted by Crippen LogP contribution is -2.40. The predicted octanol–water partition coefficient (Wildman–Crippen LogP) is -3.97. The van der Waals surface area contributed by atoms with Gasteiger partial charge in [-0.25, -0.2) is 19.3 Å². The number of H-pyrrole nitrogens is 3. The summed E-state index contributed by atoms with van der Waals surface area (Å²) in [6.45, 7) is -1.87. The first kappa shape index (κ1) is 31.0. The molecule has 8 N–H and O–H groups in total. The topological polar surface area (TPSA) is 346 Å². The first-order chi connectivity index (χ1) is 21.7. The number of phosphoric acid groups is 2. The molecule has 248 valence electrons. The lowest BCUT2D eigenvalue weighted by Gasteiger charge is -2.32. The number of imidazole rings is 2. The second kappa shape index (κ2) is 11.0. The molecule has 0 aromatic carbocycles. The van der Waals surface area contributed by atoms with Crippen LogP contribution in [0.1, 0.15) is 12.5 Å². The van der Waals surface area contributed by atoms with E-state index in [0.717, 1.165) is 21.8 Å². The van der Waals surface area contributed by atoms with Crippen LogP contribution in [0, 0.1) is 0 Å². The number of fused-ring (bicyclic) bond motifs is 4. The number of aromatic amines is 3. The van der Waals surface area contributed by atoms with E-state index in [2.05, 4.69) is 24.9 Å². The van der Waals surface area contributed by atoms with E-state index in [4.69, 9.17) is 33.3 Å². The van der Waals surface area contributed by atoms with Gasteiger partial charge in [-0.1, -0.05) is 0 Å². The number of nitrogens with zero attached hydrogens (tertiary/aromatic N) is 5. The van der Waals surface area contributed by atoms with Gasteiger partial charge in [0.1, 0.15) is 42.3 Å². The summed E-state index contributed by atoms with van der Waals surface area (Å²) in [5.41, 5.74) is 2.35. The van der Waals surface area contributed by atoms with E-state index >= 15 is 0 Å². The third-order valence-corrected chi connectivity index (χ3v) is 9.34. The van der Waals surface area contributed by atoms with Gasteiger partial charge in [0.15, 0.2) is 29.1 Å². The monoisotopic (exact) mass is 690 g/mol. The molecule has 26 heteroatoms. The second-order valence-electron chi connectivity index (χ2n) is 10.3. The van der Waals surface area contributed by atoms with Crippen LogP contribution in [0.25, 0.3) is 22.3 Å². The zero-order valence-corrected chi connectivity index (χ0v) is 24.4. The largest absolute Gasteiger partial charge is 0.756 e. The molecule has 0 spiro atoms. The summed E-state index contributed by atoms with van der Waals surface area (Å²) < 4.78 is 59.8. The molecular formula is C20H22N9O15P2-. The van der Waals surface area contributed by atoms with Gasteiger partial charge in [-0.05, 0) is 0 Å². The number of aromatic nitrogens is 8. The average Bonchev–Trinajstić information content (AvgIpc) is 3.72. The molecule has 0 bridgehead atoms. The van der Waals surface area contributed by atoms with Crippen LogP contribution in [0.5, 0.6) is 0 Å². The summed E-state index contributed by atoms with van der Waals surface area (Å²) in [4.78, 5) is 77.9. The summed E-state index contributed by atoms with van der Waals surface area (Å²) in [6, 6.07) is 0. The SMILES string of the molecule is Nc1nc2c(ncn2[C@@H]2O[C@@H]3COP(=O)([O-])OC4C(O)[C@H](n5cnc6c(=O)[nH]c(=O)[nH]c65)O[C@@H]4COP(=O)(O)OC3C2O)c(=O)[nH]1. The molecule has 7 rings (SSSR count). The molecule has 0 radical (unpaired) electrons. The Morgan fingerprint density at radius 2 is 1.46 bits per heavy atom. The van der Waals surface area contributed by atoms with E-state index in [-0.39, 0.29) is 28.3 Å². The molecule has 10 atom stereocenters. The Hall–Kier alpha value is -3.64. The highest BCUT2D eigenvalue weighted by Gasteiger charge is 2.53. The highest BCUT2D eigenvalue weighted by Crippen LogP contribution is 2.52. The van der Waals surface area contributed by atoms with Crippen LogP contribution < -0.4 is 27.4 Å². The summed E-state index contributed by atoms with van der Waals surface area (Å²) >= 11 is 0. The van der Waals surface area contributed by atoms with Gasteiger partial charge >= 0.3 is 13.5 Å². The quantitative estimate of drug-likeness (QED) is 0.0986. The maximum Gasteiger partial charge on any atom is 0.472 e. The molecule has 0 aliphatic carbocycles. The van der Waals surface area contributed by atoms with Crippen LogP contribution in [-0.4, -0.2) is 104 Å². The molecule has 3 saturated heterocycles. The highest BCUT2D eigenvalue weighted by atomic mass is 31.2. The lowest BCUT2D eigenvalue weighted by atomic mass is 10.1. The lowest BCUT2D eigenvalue weighted by molar-refractivity contribution is -0.236. The van der Waals surface area contributed by atoms with Gasteiger partial charge in [-0.15, -0.1) is 0 Å². The van der Waals surface area contributed by atoms with Gasteiger partial charge in [0.2, 0.25) is 5.95 Å². The number of anilines is 1. The first-order valence-electron chi connectivity index (χ1n) is 13.1. The van der Waals surface area contributed by atoms with Crippen molar-refractivity contribution in [2.75, 3.05) is 18.9 Å². The number of nitrogens with two attached hydrogens (primary N) is 1. The molecule has 46 heavy (non-hydrogen) atoms. The number of nitrogen functional groups attached to an aromatic ring is 1. The molecule has 6 unspecified atom stereocenters. The second-order valence-corrected chi connectivity index (χ2v) is 13.1. The number of phosphoric ester groups is 2. The summed E-state index contributed by atoms with van der Waals surface area (Å²) in [6.07, 6.45) is -11.5. The predicted molar refractivity (Wildman–Crippen MR) is 142 cm³/mol. The smallest absolute Gasteiger partial charge is 0.472 e. The molecule has 3 aliphatic rings. The molecule has 4 aromatic rings. The van der Waals surface area contributed by atoms with E-state index in [1.807, 2.05) is 4.98 Å². The number of hydrogen-bond acceptors (Lipinski definition) is 18. The molecule has 7 heterocycles. The van der Waals surface area contributed by atoms with E-state index in [9.17, 15) is 43.5 Å². The fourth-order valence-electron chi connectivity index (χ4n) is 5.40. The standard InChI is InChI=1S/C20H23N9O15P2/c21-19-24-13-7(15(32)26-19)22-3-28(13)17-9(30)11-5(41-17)1-39-46(37,38)44-12-6(2-40-45(35,36)43-11)42-18(10(12)31)29-4-23-8-14(29)25-20(34)27-16(8)33/h3-6,9-12,17-18,30-31H,1-2H2,(H,35,36)(H,37,38)(H3,21,24,26,32)(H2,25,27,33,34)/p-1/t5-,6-,9?,10?,11?,12?,17-,18-/m1/s1. The van der Waals surface area contributed by atoms with Crippen LogP contribution >= 0.6 is 15.6 Å². The van der Waals surface area contributed by atoms with Gasteiger partial charge in [-0.2, -0.15) is 4.98 Å². The Labute approximate surface area is 251 Å². The van der Waals surface area contributed by atoms with E-state index in [0.29, 0.717) is 0 Å². The third-order valence-electron chi connectivity index (χ3n) is 7.39. The Bertz CT molecular complexity index is 2110. The van der Waals surface area contributed by atoms with Crippen molar-refractivity contribution in [3.05, 3.63) is 43.8 Å². The molecule has 24 nitrogen and oxygen atoms in total. The van der Waals surface area contributed by atoms with E-state index < -0.39 is 94.7 Å². The molecule has 0 amide bonds. The molecule has 3 fully saturated rings. The first-order valence-corrected chi connectivity index (χ1v) is 16.1. The van der Waals surface area contributed by atoms with E-state index in [1.54, 1.807) is 0 Å². The molecular weight excluding hydrogens is 668 g/mol. The molecule has 4 aromatic heterocycles. The maximum atomic E-state index is 13.1. The van der Waals surface area contributed by atoms with Crippen molar-refractivity contribution in [1.29, 1.82) is 0 Å². The Kier molecular flexibility index (Phi) is 7.39. The van der Waals surface area contributed by atoms with Crippen molar-refractivity contribution < 1.29 is 56.7 Å². The summed E-state index contributed by atoms with van der Waals surface area (Å²) in [7, 11) is -10.5. The zero-order valence-electron chi connectivity index (χ0n) is 22.6. The van der Waals surface area contributed by atoms with Gasteiger partial charge < -0.3 is 44.3 Å². The fourth-order valence-corrected chi connectivity index (χ4v) is 7.31. The van der Waals surface area contributed by atoms with Crippen molar-refractivity contribution >= 4 is 43.9 Å². The van der Waals surface area contributed by atoms with Gasteiger partial charge in [-0.3, -0.25) is 47.3 Å². The van der Waals surface area contributed by atoms with Crippen molar-refractivity contribution in [2.24, 2.45) is 0 Å². The van der Waals surface area contributed by atoms with Gasteiger partial charge in [0.05, 0.1) is 25.9 Å². The minimum atomic E-state index is -5.37. The minimum Gasteiger partial charge on any atom is -0.756 e. The summed E-state index contributed by atoms with van der Waals surface area (Å²) in [5.74, 6) is -0.295. The Morgan fingerprint density at radius 3 is 2.17 bits per heavy atom. The Morgan fingerprint density at radius 1 is 0.870 bits per heavy atom. The number of aliphatic hydroxyl groups is 2. The van der Waals surface area contributed by atoms with E-state index in [1.165, 1.54) is 0 Å². The number of nitrogens with one attached hydrogen (secondary N) is 3. The van der Waals surface area contributed by atoms with Crippen molar-refractivity contribution in [1.82, 2.24) is 39.0 Å². The highest BCUT2D eigenvalue weighted by molar-refractivity contribution is 7.47. The summed E-state index contributed by atoms with van der Waals surface area (Å²) in [5, 5.41) is 22.1. The fraction of sp³-hybridized carbons (Fsp3) is 0.500. The van der Waals surface area contributed by atoms with Crippen LogP contribution in [0.2, 0.25) is 0 Å². The van der Waals surface area contributed by atoms with Crippen LogP contribution in [-0.2, 0) is 36.7 Å². The number of aliphatic hydroxyl groups excluding tert-OH is 2. The van der Waals surface area contributed by atoms with Crippen molar-refractivity contribution in [3.8, 4) is 0 Å². The molecule has 0 saturated carbocycles. The zero-order chi connectivity index (χ0) is 32.7. The average molecular weight is 690 g/mol. The Balaban J connectivity index is 1.18. The third kappa shape index (κ3) is 5.33. The minimum absolute atomic E-state index is 0.141. The van der Waals surface area contributed by atoms with Gasteiger partial charge in [0.25, 0.3) is 18.9 Å². The van der Waals surface area contributed by atoms with Crippen LogP contribution in [0.3, 0.4) is 0 Å². The van der Waals surface area contributed by atoms with Crippen LogP contribution in [0.15, 0.2) is 27.0 Å². The van der Waals surface area contributed by atoms with Crippen molar-refractivity contribution in [2.45, 2.75) is 49.1 Å².